The van der Waals surface area contributed by atoms with Gasteiger partial charge in [0.15, 0.2) is 0 Å². The van der Waals surface area contributed by atoms with Gasteiger partial charge in [-0.3, -0.25) is 4.79 Å². The summed E-state index contributed by atoms with van der Waals surface area (Å²) < 4.78 is 6.38. The van der Waals surface area contributed by atoms with Crippen LogP contribution in [0, 0.1) is 18.3 Å². The van der Waals surface area contributed by atoms with Gasteiger partial charge in [0.05, 0.1) is 28.6 Å². The van der Waals surface area contributed by atoms with Crippen LogP contribution in [0.3, 0.4) is 0 Å². The number of amides is 1. The highest BCUT2D eigenvalue weighted by Crippen LogP contribution is 2.41. The molecule has 5 rings (SSSR count). The van der Waals surface area contributed by atoms with Gasteiger partial charge >= 0.3 is 0 Å². The lowest BCUT2D eigenvalue weighted by atomic mass is 9.95. The highest BCUT2D eigenvalue weighted by Gasteiger charge is 2.37. The molecule has 212 valence electrons. The lowest BCUT2D eigenvalue weighted by Gasteiger charge is -2.46. The maximum absolute atomic E-state index is 12.5. The first-order chi connectivity index (χ1) is 19.2. The average molecular weight is 563 g/mol. The van der Waals surface area contributed by atoms with Crippen molar-refractivity contribution in [3.05, 3.63) is 58.3 Å². The first-order valence-electron chi connectivity index (χ1n) is 14.2. The summed E-state index contributed by atoms with van der Waals surface area (Å²) in [6.45, 7) is 14.0. The number of nitrogens with zero attached hydrogens (tertiary/aromatic N) is 6. The predicted octanol–water partition coefficient (Wildman–Crippen LogP) is 4.56. The number of carbonyl (C=O) groups is 1. The van der Waals surface area contributed by atoms with Gasteiger partial charge in [-0.25, -0.2) is 4.98 Å². The maximum Gasteiger partial charge on any atom is 0.246 e. The number of benzene rings is 1. The van der Waals surface area contributed by atoms with E-state index in [0.717, 1.165) is 65.6 Å². The minimum atomic E-state index is -0.0632. The second kappa shape index (κ2) is 11.7. The lowest BCUT2D eigenvalue weighted by molar-refractivity contribution is -0.128. The molecule has 3 atom stereocenters. The number of pyridine rings is 1. The third kappa shape index (κ3) is 5.25. The van der Waals surface area contributed by atoms with Crippen LogP contribution in [0.15, 0.2) is 30.9 Å². The zero-order valence-electron chi connectivity index (χ0n) is 24.0. The number of piperazine rings is 1. The van der Waals surface area contributed by atoms with E-state index in [1.54, 1.807) is 0 Å². The Hall–Kier alpha value is -3.28. The Morgan fingerprint density at radius 3 is 2.73 bits per heavy atom. The Balaban J connectivity index is 1.56. The Morgan fingerprint density at radius 1 is 1.25 bits per heavy atom. The number of likely N-dealkylation sites (N-methyl/N-ethyl adjacent to an activating group) is 1. The molecule has 8 nitrogen and oxygen atoms in total. The van der Waals surface area contributed by atoms with E-state index in [9.17, 15) is 10.1 Å². The Bertz CT molecular complexity index is 1320. The number of rotatable bonds is 6. The van der Waals surface area contributed by atoms with Gasteiger partial charge in [0.25, 0.3) is 0 Å². The summed E-state index contributed by atoms with van der Waals surface area (Å²) in [5.41, 5.74) is 5.54. The number of hydrogen-bond donors (Lipinski definition) is 0. The minimum Gasteiger partial charge on any atom is -0.475 e. The molecule has 0 bridgehead atoms. The fourth-order valence-corrected chi connectivity index (χ4v) is 6.84. The lowest BCUT2D eigenvalue weighted by Crippen LogP contribution is -2.58. The summed E-state index contributed by atoms with van der Waals surface area (Å²) in [5, 5.41) is 11.2. The van der Waals surface area contributed by atoms with Gasteiger partial charge in [-0.2, -0.15) is 5.26 Å². The van der Waals surface area contributed by atoms with Crippen molar-refractivity contribution >= 4 is 28.9 Å². The number of aryl methyl sites for hydroxylation is 1. The zero-order chi connectivity index (χ0) is 28.6. The molecule has 1 amide bonds. The van der Waals surface area contributed by atoms with E-state index in [2.05, 4.69) is 61.2 Å². The number of ether oxygens (including phenoxy) is 1. The number of anilines is 2. The molecule has 9 heteroatoms. The van der Waals surface area contributed by atoms with E-state index in [1.807, 2.05) is 17.0 Å². The Labute approximate surface area is 242 Å². The van der Waals surface area contributed by atoms with Gasteiger partial charge in [-0.05, 0) is 71.3 Å². The molecule has 1 unspecified atom stereocenters. The van der Waals surface area contributed by atoms with Crippen molar-refractivity contribution in [2.45, 2.75) is 64.7 Å². The molecule has 0 radical (unpaired) electrons. The molecule has 0 N–H and O–H groups in total. The third-order valence-corrected chi connectivity index (χ3v) is 9.03. The van der Waals surface area contributed by atoms with Crippen molar-refractivity contribution in [1.29, 1.82) is 5.26 Å². The average Bonchev–Trinajstić information content (AvgIpc) is 3.35. The van der Waals surface area contributed by atoms with Crippen molar-refractivity contribution in [3.63, 3.8) is 0 Å². The van der Waals surface area contributed by atoms with Crippen molar-refractivity contribution in [3.8, 4) is 11.9 Å². The Kier molecular flexibility index (Phi) is 8.25. The first kappa shape index (κ1) is 28.3. The number of hydrogen-bond acceptors (Lipinski definition) is 7. The molecule has 1 aromatic carbocycles. The molecule has 1 aromatic heterocycles. The highest BCUT2D eigenvalue weighted by molar-refractivity contribution is 6.33. The summed E-state index contributed by atoms with van der Waals surface area (Å²) in [6, 6.07) is 8.73. The van der Waals surface area contributed by atoms with Gasteiger partial charge in [0, 0.05) is 43.3 Å². The number of carbonyl (C=O) groups excluding carboxylic acids is 1. The third-order valence-electron chi connectivity index (χ3n) is 8.73. The van der Waals surface area contributed by atoms with Crippen LogP contribution in [0.1, 0.15) is 49.1 Å². The van der Waals surface area contributed by atoms with Crippen LogP contribution in [-0.4, -0.2) is 78.7 Å². The second-order valence-corrected chi connectivity index (χ2v) is 11.8. The molecule has 0 spiro atoms. The molecule has 40 heavy (non-hydrogen) atoms. The number of likely N-dealkylation sites (tertiary alicyclic amines) is 1. The number of fused-ring (bicyclic) bond motifs is 1. The summed E-state index contributed by atoms with van der Waals surface area (Å²) in [4.78, 5) is 26.3. The van der Waals surface area contributed by atoms with Crippen LogP contribution in [0.4, 0.5) is 11.4 Å². The molecule has 4 heterocycles. The van der Waals surface area contributed by atoms with Gasteiger partial charge in [0.1, 0.15) is 18.2 Å². The Morgan fingerprint density at radius 2 is 2.05 bits per heavy atom. The molecule has 2 fully saturated rings. The van der Waals surface area contributed by atoms with Gasteiger partial charge < -0.3 is 24.3 Å². The predicted molar refractivity (Wildman–Crippen MR) is 159 cm³/mol. The highest BCUT2D eigenvalue weighted by atomic mass is 35.5. The molecule has 0 saturated carbocycles. The van der Waals surface area contributed by atoms with E-state index in [-0.39, 0.29) is 18.0 Å². The standard InChI is InChI=1S/C31H39ClN6O2/c1-6-28(39)37-16-22(4)38(17-21(37)3)30-24-12-14-36(29-20(2)9-7-11-26(29)32)18-27(24)34-31(25(30)15-33)40-19-23-10-8-13-35(23)5/h6-7,9,11,21-23H,1,8,10,12-14,16-19H2,2-5H3/t21-,22+,23?/m1/s1. The number of nitriles is 1. The van der Waals surface area contributed by atoms with Crippen LogP contribution >= 0.6 is 11.6 Å². The SMILES string of the molecule is C=CC(=O)N1C[C@H](C)N(c2c(C#N)c(OCC3CCCN3C)nc3c2CCN(c2c(C)cccc2Cl)C3)C[C@H]1C. The van der Waals surface area contributed by atoms with Crippen molar-refractivity contribution < 1.29 is 9.53 Å². The van der Waals surface area contributed by atoms with Gasteiger partial charge in [-0.1, -0.05) is 30.3 Å². The zero-order valence-corrected chi connectivity index (χ0v) is 24.7. The summed E-state index contributed by atoms with van der Waals surface area (Å²) >= 11 is 6.66. The smallest absolute Gasteiger partial charge is 0.246 e. The number of halogens is 1. The molecule has 3 aliphatic rings. The molecule has 3 aliphatic heterocycles. The van der Waals surface area contributed by atoms with Crippen LogP contribution in [0.25, 0.3) is 0 Å². The fourth-order valence-electron chi connectivity index (χ4n) is 6.50. The topological polar surface area (TPSA) is 75.9 Å². The fraction of sp³-hybridized carbons (Fsp3) is 0.516. The van der Waals surface area contributed by atoms with Crippen LogP contribution in [0.5, 0.6) is 5.88 Å². The molecule has 2 aromatic rings. The van der Waals surface area contributed by atoms with E-state index < -0.39 is 0 Å². The maximum atomic E-state index is 12.5. The quantitative estimate of drug-likeness (QED) is 0.478. The second-order valence-electron chi connectivity index (χ2n) is 11.4. The minimum absolute atomic E-state index is 0.0105. The number of para-hydroxylation sites is 1. The largest absolute Gasteiger partial charge is 0.475 e. The van der Waals surface area contributed by atoms with Crippen molar-refractivity contribution in [1.82, 2.24) is 14.8 Å². The van der Waals surface area contributed by atoms with E-state index in [0.29, 0.717) is 43.7 Å². The van der Waals surface area contributed by atoms with Gasteiger partial charge in [0.2, 0.25) is 11.8 Å². The van der Waals surface area contributed by atoms with Crippen LogP contribution in [-0.2, 0) is 17.8 Å². The monoisotopic (exact) mass is 562 g/mol. The summed E-state index contributed by atoms with van der Waals surface area (Å²) in [7, 11) is 2.12. The van der Waals surface area contributed by atoms with Gasteiger partial charge in [-0.15, -0.1) is 0 Å². The van der Waals surface area contributed by atoms with E-state index in [4.69, 9.17) is 21.3 Å². The molecular weight excluding hydrogens is 524 g/mol. The number of aromatic nitrogens is 1. The van der Waals surface area contributed by atoms with Crippen LogP contribution in [0.2, 0.25) is 5.02 Å². The molecular formula is C31H39ClN6O2. The normalized spacial score (nSPS) is 23.1. The van der Waals surface area contributed by atoms with Crippen LogP contribution < -0.4 is 14.5 Å². The molecule has 0 aliphatic carbocycles. The van der Waals surface area contributed by atoms with Crippen molar-refractivity contribution in [2.75, 3.05) is 49.6 Å². The summed E-state index contributed by atoms with van der Waals surface area (Å²) in [5.74, 6) is 0.338. The summed E-state index contributed by atoms with van der Waals surface area (Å²) in [6.07, 6.45) is 4.33. The van der Waals surface area contributed by atoms with E-state index >= 15 is 0 Å². The molecule has 2 saturated heterocycles. The van der Waals surface area contributed by atoms with E-state index in [1.165, 1.54) is 6.08 Å². The first-order valence-corrected chi connectivity index (χ1v) is 14.6. The van der Waals surface area contributed by atoms with Crippen molar-refractivity contribution in [2.24, 2.45) is 0 Å².